The topological polar surface area (TPSA) is 83.5 Å². The van der Waals surface area contributed by atoms with Crippen LogP contribution in [0.15, 0.2) is 18.2 Å². The van der Waals surface area contributed by atoms with Crippen LogP contribution in [0.3, 0.4) is 0 Å². The quantitative estimate of drug-likeness (QED) is 0.896. The van der Waals surface area contributed by atoms with E-state index in [1.807, 2.05) is 0 Å². The van der Waals surface area contributed by atoms with Gasteiger partial charge in [-0.2, -0.15) is 0 Å². The lowest BCUT2D eigenvalue weighted by Gasteiger charge is -2.21. The van der Waals surface area contributed by atoms with Crippen molar-refractivity contribution in [1.82, 2.24) is 0 Å². The van der Waals surface area contributed by atoms with E-state index in [-0.39, 0.29) is 16.3 Å². The van der Waals surface area contributed by atoms with Crippen LogP contribution in [-0.2, 0) is 10.0 Å². The first-order chi connectivity index (χ1) is 8.04. The SMILES string of the molecule is CC(C)(C)S(=O)(=O)Nc1ccc(C(=O)O)cc1Cl. The lowest BCUT2D eigenvalue weighted by Crippen LogP contribution is -2.33. The third-order valence-electron chi connectivity index (χ3n) is 2.27. The molecule has 0 heterocycles. The third-order valence-corrected chi connectivity index (χ3v) is 4.68. The zero-order valence-corrected chi connectivity index (χ0v) is 11.8. The Labute approximate surface area is 111 Å². The summed E-state index contributed by atoms with van der Waals surface area (Å²) in [5.74, 6) is -1.12. The number of sulfonamides is 1. The molecule has 0 radical (unpaired) electrons. The van der Waals surface area contributed by atoms with Gasteiger partial charge in [0, 0.05) is 0 Å². The van der Waals surface area contributed by atoms with Gasteiger partial charge in [0.25, 0.3) is 0 Å². The number of carboxylic acid groups (broad SMARTS) is 1. The molecule has 1 rings (SSSR count). The van der Waals surface area contributed by atoms with E-state index >= 15 is 0 Å². The van der Waals surface area contributed by atoms with Crippen LogP contribution in [0, 0.1) is 0 Å². The normalized spacial score (nSPS) is 12.2. The summed E-state index contributed by atoms with van der Waals surface area (Å²) >= 11 is 5.84. The molecular weight excluding hydrogens is 278 g/mol. The number of carboxylic acids is 1. The molecule has 18 heavy (non-hydrogen) atoms. The molecule has 0 saturated carbocycles. The van der Waals surface area contributed by atoms with Gasteiger partial charge in [-0.05, 0) is 39.0 Å². The molecule has 0 amide bonds. The maximum Gasteiger partial charge on any atom is 0.335 e. The average molecular weight is 292 g/mol. The minimum absolute atomic E-state index is 0.00120. The van der Waals surface area contributed by atoms with Crippen molar-refractivity contribution in [3.05, 3.63) is 28.8 Å². The number of carbonyl (C=O) groups is 1. The van der Waals surface area contributed by atoms with E-state index < -0.39 is 20.7 Å². The molecule has 0 unspecified atom stereocenters. The maximum absolute atomic E-state index is 11.9. The van der Waals surface area contributed by atoms with Gasteiger partial charge in [0.15, 0.2) is 0 Å². The molecule has 0 aliphatic carbocycles. The van der Waals surface area contributed by atoms with E-state index in [0.29, 0.717) is 0 Å². The molecule has 0 spiro atoms. The predicted octanol–water partition coefficient (Wildman–Crippen LogP) is 2.58. The summed E-state index contributed by atoms with van der Waals surface area (Å²) in [7, 11) is -3.59. The Morgan fingerprint density at radius 3 is 2.28 bits per heavy atom. The van der Waals surface area contributed by atoms with Gasteiger partial charge >= 0.3 is 5.97 Å². The Morgan fingerprint density at radius 1 is 1.33 bits per heavy atom. The van der Waals surface area contributed by atoms with Crippen LogP contribution in [0.2, 0.25) is 5.02 Å². The molecule has 0 aromatic heterocycles. The number of aromatic carboxylic acids is 1. The molecule has 0 atom stereocenters. The first-order valence-electron chi connectivity index (χ1n) is 5.10. The van der Waals surface area contributed by atoms with Gasteiger partial charge in [-0.1, -0.05) is 11.6 Å². The van der Waals surface area contributed by atoms with Crippen LogP contribution in [0.5, 0.6) is 0 Å². The monoisotopic (exact) mass is 291 g/mol. The molecule has 7 heteroatoms. The van der Waals surface area contributed by atoms with Crippen LogP contribution in [0.4, 0.5) is 5.69 Å². The van der Waals surface area contributed by atoms with Crippen molar-refractivity contribution in [1.29, 1.82) is 0 Å². The second kappa shape index (κ2) is 4.78. The predicted molar refractivity (Wildman–Crippen MR) is 70.7 cm³/mol. The van der Waals surface area contributed by atoms with Crippen LogP contribution < -0.4 is 4.72 Å². The van der Waals surface area contributed by atoms with E-state index in [4.69, 9.17) is 16.7 Å². The highest BCUT2D eigenvalue weighted by atomic mass is 35.5. The molecule has 1 aromatic carbocycles. The molecule has 0 aliphatic rings. The minimum atomic E-state index is -3.59. The van der Waals surface area contributed by atoms with Crippen LogP contribution in [-0.4, -0.2) is 24.2 Å². The summed E-state index contributed by atoms with van der Waals surface area (Å²) in [4.78, 5) is 10.7. The summed E-state index contributed by atoms with van der Waals surface area (Å²) in [6.07, 6.45) is 0. The number of rotatable bonds is 3. The zero-order chi connectivity index (χ0) is 14.1. The van der Waals surface area contributed by atoms with Gasteiger partial charge in [0.2, 0.25) is 10.0 Å². The number of halogens is 1. The Morgan fingerprint density at radius 2 is 1.89 bits per heavy atom. The zero-order valence-electron chi connectivity index (χ0n) is 10.2. The van der Waals surface area contributed by atoms with Gasteiger partial charge in [0.1, 0.15) is 0 Å². The van der Waals surface area contributed by atoms with Crippen molar-refractivity contribution >= 4 is 33.3 Å². The van der Waals surface area contributed by atoms with Crippen LogP contribution in [0.25, 0.3) is 0 Å². The number of hydrogen-bond donors (Lipinski definition) is 2. The van der Waals surface area contributed by atoms with Gasteiger partial charge in [-0.3, -0.25) is 4.72 Å². The average Bonchev–Trinajstić information content (AvgIpc) is 2.18. The smallest absolute Gasteiger partial charge is 0.335 e. The largest absolute Gasteiger partial charge is 0.478 e. The fourth-order valence-corrected chi connectivity index (χ4v) is 2.09. The highest BCUT2D eigenvalue weighted by Crippen LogP contribution is 2.27. The standard InChI is InChI=1S/C11H14ClNO4S/c1-11(2,3)18(16,17)13-9-5-4-7(10(14)15)6-8(9)12/h4-6,13H,1-3H3,(H,14,15). The molecule has 0 aliphatic heterocycles. The Balaban J connectivity index is 3.11. The van der Waals surface area contributed by atoms with Gasteiger partial charge < -0.3 is 5.11 Å². The molecule has 0 saturated heterocycles. The minimum Gasteiger partial charge on any atom is -0.478 e. The first kappa shape index (κ1) is 14.8. The maximum atomic E-state index is 11.9. The van der Waals surface area contributed by atoms with Gasteiger partial charge in [0.05, 0.1) is 21.0 Å². The third kappa shape index (κ3) is 3.14. The first-order valence-corrected chi connectivity index (χ1v) is 6.96. The molecule has 2 N–H and O–H groups in total. The molecular formula is C11H14ClNO4S. The second-order valence-electron chi connectivity index (χ2n) is 4.72. The lowest BCUT2D eigenvalue weighted by atomic mass is 10.2. The highest BCUT2D eigenvalue weighted by molar-refractivity contribution is 7.94. The number of benzene rings is 1. The molecule has 0 fully saturated rings. The van der Waals surface area contributed by atoms with E-state index in [9.17, 15) is 13.2 Å². The second-order valence-corrected chi connectivity index (χ2v) is 7.56. The Kier molecular flexibility index (Phi) is 3.92. The van der Waals surface area contributed by atoms with Crippen molar-refractivity contribution in [3.63, 3.8) is 0 Å². The number of anilines is 1. The summed E-state index contributed by atoms with van der Waals surface area (Å²) < 4.78 is 25.2. The Hall–Kier alpha value is -1.27. The number of hydrogen-bond acceptors (Lipinski definition) is 3. The fraction of sp³-hybridized carbons (Fsp3) is 0.364. The van der Waals surface area contributed by atoms with Gasteiger partial charge in [-0.25, -0.2) is 13.2 Å². The van der Waals surface area contributed by atoms with Crippen molar-refractivity contribution in [2.75, 3.05) is 4.72 Å². The summed E-state index contributed by atoms with van der Waals surface area (Å²) in [6, 6.07) is 3.81. The molecule has 5 nitrogen and oxygen atoms in total. The fourth-order valence-electron chi connectivity index (χ4n) is 1.03. The van der Waals surface area contributed by atoms with E-state index in [1.54, 1.807) is 20.8 Å². The van der Waals surface area contributed by atoms with E-state index in [0.717, 1.165) is 0 Å². The molecule has 0 bridgehead atoms. The van der Waals surface area contributed by atoms with E-state index in [1.165, 1.54) is 18.2 Å². The summed E-state index contributed by atoms with van der Waals surface area (Å²) in [5.41, 5.74) is 0.162. The highest BCUT2D eigenvalue weighted by Gasteiger charge is 2.29. The van der Waals surface area contributed by atoms with Crippen LogP contribution in [0.1, 0.15) is 31.1 Å². The van der Waals surface area contributed by atoms with Crippen molar-refractivity contribution < 1.29 is 18.3 Å². The van der Waals surface area contributed by atoms with E-state index in [2.05, 4.69) is 4.72 Å². The van der Waals surface area contributed by atoms with Crippen molar-refractivity contribution in [2.45, 2.75) is 25.5 Å². The van der Waals surface area contributed by atoms with Crippen molar-refractivity contribution in [3.8, 4) is 0 Å². The van der Waals surface area contributed by atoms with Crippen molar-refractivity contribution in [2.24, 2.45) is 0 Å². The lowest BCUT2D eigenvalue weighted by molar-refractivity contribution is 0.0697. The van der Waals surface area contributed by atoms with Crippen LogP contribution >= 0.6 is 11.6 Å². The molecule has 1 aromatic rings. The summed E-state index contributed by atoms with van der Waals surface area (Å²) in [5, 5.41) is 8.81. The summed E-state index contributed by atoms with van der Waals surface area (Å²) in [6.45, 7) is 4.65. The number of nitrogens with one attached hydrogen (secondary N) is 1. The Bertz CT molecular complexity index is 575. The van der Waals surface area contributed by atoms with Gasteiger partial charge in [-0.15, -0.1) is 0 Å². The molecule has 100 valence electrons.